The summed E-state index contributed by atoms with van der Waals surface area (Å²) in [4.78, 5) is 13.6. The zero-order valence-corrected chi connectivity index (χ0v) is 14.3. The molecule has 1 heterocycles. The Balaban J connectivity index is 2.16. The van der Waals surface area contributed by atoms with Crippen LogP contribution in [0.25, 0.3) is 0 Å². The van der Waals surface area contributed by atoms with Crippen molar-refractivity contribution in [2.45, 2.75) is 40.2 Å². The van der Waals surface area contributed by atoms with E-state index in [0.29, 0.717) is 32.7 Å². The smallest absolute Gasteiger partial charge is 0.310 e. The van der Waals surface area contributed by atoms with E-state index in [0.717, 1.165) is 30.0 Å². The molecule has 1 aromatic rings. The summed E-state index contributed by atoms with van der Waals surface area (Å²) in [5, 5.41) is 9.37. The minimum atomic E-state index is -0.717. The predicted molar refractivity (Wildman–Crippen MR) is 89.0 cm³/mol. The molecule has 1 atom stereocenters. The van der Waals surface area contributed by atoms with Crippen LogP contribution in [-0.2, 0) is 11.3 Å². The summed E-state index contributed by atoms with van der Waals surface area (Å²) in [5.74, 6) is 0.837. The largest absolute Gasteiger partial charge is 0.490 e. The van der Waals surface area contributed by atoms with Crippen LogP contribution in [0.1, 0.15) is 39.2 Å². The van der Waals surface area contributed by atoms with Gasteiger partial charge in [0, 0.05) is 18.7 Å². The number of likely N-dealkylation sites (tertiary alicyclic amines) is 1. The number of benzene rings is 1. The van der Waals surface area contributed by atoms with Crippen molar-refractivity contribution in [3.8, 4) is 11.5 Å². The molecule has 1 fully saturated rings. The molecule has 0 saturated carbocycles. The van der Waals surface area contributed by atoms with Gasteiger partial charge in [-0.15, -0.1) is 0 Å². The molecular weight excluding hydrogens is 294 g/mol. The molecule has 5 heteroatoms. The lowest BCUT2D eigenvalue weighted by Crippen LogP contribution is -2.31. The lowest BCUT2D eigenvalue weighted by Gasteiger charge is -2.22. The summed E-state index contributed by atoms with van der Waals surface area (Å²) >= 11 is 0. The van der Waals surface area contributed by atoms with E-state index >= 15 is 0 Å². The number of carboxylic acid groups (broad SMARTS) is 1. The van der Waals surface area contributed by atoms with E-state index in [1.807, 2.05) is 32.0 Å². The molecule has 0 bridgehead atoms. The Bertz CT molecular complexity index is 546. The van der Waals surface area contributed by atoms with Crippen molar-refractivity contribution >= 4 is 5.97 Å². The van der Waals surface area contributed by atoms with Crippen LogP contribution < -0.4 is 9.47 Å². The topological polar surface area (TPSA) is 59.0 Å². The molecule has 23 heavy (non-hydrogen) atoms. The summed E-state index contributed by atoms with van der Waals surface area (Å²) in [5.41, 5.74) is 0.404. The van der Waals surface area contributed by atoms with E-state index in [1.165, 1.54) is 0 Å². The Kier molecular flexibility index (Phi) is 5.88. The number of carbonyl (C=O) groups is 1. The molecule has 1 aliphatic rings. The molecule has 1 unspecified atom stereocenters. The zero-order valence-electron chi connectivity index (χ0n) is 14.3. The van der Waals surface area contributed by atoms with E-state index in [9.17, 15) is 9.90 Å². The second-order valence-corrected chi connectivity index (χ2v) is 6.35. The maximum Gasteiger partial charge on any atom is 0.310 e. The van der Waals surface area contributed by atoms with Gasteiger partial charge in [-0.25, -0.2) is 0 Å². The van der Waals surface area contributed by atoms with Crippen LogP contribution in [0.3, 0.4) is 0 Å². The number of para-hydroxylation sites is 1. The molecule has 0 aromatic heterocycles. The predicted octanol–water partition coefficient (Wildman–Crippen LogP) is 3.17. The monoisotopic (exact) mass is 321 g/mol. The van der Waals surface area contributed by atoms with Crippen LogP contribution in [0.15, 0.2) is 18.2 Å². The molecule has 0 aliphatic carbocycles. The minimum absolute atomic E-state index is 0.564. The summed E-state index contributed by atoms with van der Waals surface area (Å²) in [7, 11) is 0. The number of rotatable bonds is 8. The number of carboxylic acids is 1. The first-order valence-corrected chi connectivity index (χ1v) is 8.33. The second kappa shape index (κ2) is 7.68. The van der Waals surface area contributed by atoms with Crippen molar-refractivity contribution in [2.24, 2.45) is 5.41 Å². The van der Waals surface area contributed by atoms with Crippen molar-refractivity contribution in [2.75, 3.05) is 26.3 Å². The number of nitrogens with zero attached hydrogens (tertiary/aromatic N) is 1. The first-order chi connectivity index (χ1) is 11.0. The van der Waals surface area contributed by atoms with Gasteiger partial charge in [0.15, 0.2) is 11.5 Å². The number of ether oxygens (including phenoxy) is 2. The van der Waals surface area contributed by atoms with E-state index in [1.54, 1.807) is 0 Å². The molecular formula is C18H27NO4. The van der Waals surface area contributed by atoms with Gasteiger partial charge in [0.25, 0.3) is 0 Å². The van der Waals surface area contributed by atoms with Gasteiger partial charge in [0.1, 0.15) is 0 Å². The highest BCUT2D eigenvalue weighted by atomic mass is 16.5. The highest BCUT2D eigenvalue weighted by Crippen LogP contribution is 2.35. The molecule has 0 radical (unpaired) electrons. The third kappa shape index (κ3) is 4.16. The summed E-state index contributed by atoms with van der Waals surface area (Å²) in [6.07, 6.45) is 1.61. The highest BCUT2D eigenvalue weighted by Gasteiger charge is 2.40. The van der Waals surface area contributed by atoms with Crippen molar-refractivity contribution < 1.29 is 19.4 Å². The molecule has 5 nitrogen and oxygen atoms in total. The standard InChI is InChI=1S/C18H27NO4/c1-4-11-23-16-14(7-6-8-15(16)22-5-2)12-19-10-9-18(3,13-19)17(20)21/h6-8H,4-5,9-13H2,1-3H3,(H,20,21). The fourth-order valence-electron chi connectivity index (χ4n) is 2.93. The quantitative estimate of drug-likeness (QED) is 0.797. The van der Waals surface area contributed by atoms with Gasteiger partial charge < -0.3 is 14.6 Å². The molecule has 1 saturated heterocycles. The van der Waals surface area contributed by atoms with Crippen LogP contribution in [0.4, 0.5) is 0 Å². The first-order valence-electron chi connectivity index (χ1n) is 8.33. The number of hydrogen-bond donors (Lipinski definition) is 1. The van der Waals surface area contributed by atoms with E-state index in [2.05, 4.69) is 11.8 Å². The minimum Gasteiger partial charge on any atom is -0.490 e. The SMILES string of the molecule is CCCOc1c(CN2CCC(C)(C(=O)O)C2)cccc1OCC. The third-order valence-electron chi connectivity index (χ3n) is 4.27. The lowest BCUT2D eigenvalue weighted by molar-refractivity contribution is -0.147. The van der Waals surface area contributed by atoms with Crippen molar-refractivity contribution in [3.05, 3.63) is 23.8 Å². The van der Waals surface area contributed by atoms with Crippen LogP contribution in [-0.4, -0.2) is 42.3 Å². The Morgan fingerprint density at radius 2 is 2.13 bits per heavy atom. The van der Waals surface area contributed by atoms with Gasteiger partial charge in [-0.2, -0.15) is 0 Å². The molecule has 2 rings (SSSR count). The first kappa shape index (κ1) is 17.6. The normalized spacial score (nSPS) is 21.3. The molecule has 128 valence electrons. The highest BCUT2D eigenvalue weighted by molar-refractivity contribution is 5.74. The van der Waals surface area contributed by atoms with Crippen LogP contribution in [0.5, 0.6) is 11.5 Å². The molecule has 0 amide bonds. The van der Waals surface area contributed by atoms with E-state index in [4.69, 9.17) is 9.47 Å². The van der Waals surface area contributed by atoms with Crippen LogP contribution in [0, 0.1) is 5.41 Å². The van der Waals surface area contributed by atoms with Gasteiger partial charge in [-0.1, -0.05) is 19.1 Å². The van der Waals surface area contributed by atoms with Gasteiger partial charge >= 0.3 is 5.97 Å². The number of hydrogen-bond acceptors (Lipinski definition) is 4. The second-order valence-electron chi connectivity index (χ2n) is 6.35. The Morgan fingerprint density at radius 3 is 2.74 bits per heavy atom. The fraction of sp³-hybridized carbons (Fsp3) is 0.611. The maximum absolute atomic E-state index is 11.4. The Morgan fingerprint density at radius 1 is 1.35 bits per heavy atom. The van der Waals surface area contributed by atoms with Gasteiger partial charge in [0.05, 0.1) is 18.6 Å². The van der Waals surface area contributed by atoms with Crippen molar-refractivity contribution in [1.82, 2.24) is 4.90 Å². The molecule has 0 spiro atoms. The number of aliphatic carboxylic acids is 1. The van der Waals surface area contributed by atoms with Crippen LogP contribution >= 0.6 is 0 Å². The van der Waals surface area contributed by atoms with Gasteiger partial charge in [-0.3, -0.25) is 9.69 Å². The average Bonchev–Trinajstić information content (AvgIpc) is 2.90. The zero-order chi connectivity index (χ0) is 16.9. The fourth-order valence-corrected chi connectivity index (χ4v) is 2.93. The average molecular weight is 321 g/mol. The van der Waals surface area contributed by atoms with Gasteiger partial charge in [0.2, 0.25) is 0 Å². The summed E-state index contributed by atoms with van der Waals surface area (Å²) in [6, 6.07) is 5.92. The lowest BCUT2D eigenvalue weighted by atomic mass is 9.90. The Labute approximate surface area is 138 Å². The van der Waals surface area contributed by atoms with Gasteiger partial charge in [-0.05, 0) is 39.3 Å². The molecule has 1 aliphatic heterocycles. The summed E-state index contributed by atoms with van der Waals surface area (Å²) in [6.45, 7) is 9.11. The summed E-state index contributed by atoms with van der Waals surface area (Å²) < 4.78 is 11.6. The van der Waals surface area contributed by atoms with E-state index in [-0.39, 0.29) is 0 Å². The Hall–Kier alpha value is -1.75. The third-order valence-corrected chi connectivity index (χ3v) is 4.27. The molecule has 1 N–H and O–H groups in total. The maximum atomic E-state index is 11.4. The van der Waals surface area contributed by atoms with Crippen LogP contribution in [0.2, 0.25) is 0 Å². The molecule has 1 aromatic carbocycles. The van der Waals surface area contributed by atoms with Crippen molar-refractivity contribution in [1.29, 1.82) is 0 Å². The van der Waals surface area contributed by atoms with E-state index < -0.39 is 11.4 Å². The van der Waals surface area contributed by atoms with Crippen molar-refractivity contribution in [3.63, 3.8) is 0 Å².